The first kappa shape index (κ1) is 13.3. The zero-order valence-corrected chi connectivity index (χ0v) is 9.81. The number of anilines is 2. The largest absolute Gasteiger partial charge is 0.397 e. The normalized spacial score (nSPS) is 10.2. The van der Waals surface area contributed by atoms with Crippen LogP contribution in [0, 0.1) is 0 Å². The molecule has 0 heterocycles. The predicted octanol–water partition coefficient (Wildman–Crippen LogP) is -0.190. The van der Waals surface area contributed by atoms with Gasteiger partial charge >= 0.3 is 0 Å². The molecule has 0 saturated carbocycles. The maximum absolute atomic E-state index is 12.0. The summed E-state index contributed by atoms with van der Waals surface area (Å²) in [6.07, 6.45) is 0. The van der Waals surface area contributed by atoms with Crippen molar-refractivity contribution in [1.82, 2.24) is 10.4 Å². The highest BCUT2D eigenvalue weighted by Crippen LogP contribution is 2.16. The fourth-order valence-corrected chi connectivity index (χ4v) is 1.38. The molecule has 0 atom stereocenters. The number of carbonyl (C=O) groups is 1. The highest BCUT2D eigenvalue weighted by Gasteiger charge is 2.14. The molecule has 1 amide bonds. The van der Waals surface area contributed by atoms with Crippen molar-refractivity contribution in [1.29, 1.82) is 0 Å². The van der Waals surface area contributed by atoms with E-state index in [1.54, 1.807) is 18.2 Å². The third-order valence-corrected chi connectivity index (χ3v) is 2.31. The summed E-state index contributed by atoms with van der Waals surface area (Å²) < 4.78 is 0. The van der Waals surface area contributed by atoms with Crippen LogP contribution >= 0.6 is 0 Å². The number of hydrogen-bond donors (Lipinski definition) is 4. The number of nitrogen functional groups attached to an aromatic ring is 2. The molecule has 6 heteroatoms. The van der Waals surface area contributed by atoms with E-state index in [4.69, 9.17) is 16.6 Å². The van der Waals surface area contributed by atoms with Crippen molar-refractivity contribution in [2.24, 2.45) is 0 Å². The average Bonchev–Trinajstić information content (AvgIpc) is 2.33. The highest BCUT2D eigenvalue weighted by atomic mass is 16.3. The minimum absolute atomic E-state index is 0.0341. The van der Waals surface area contributed by atoms with Gasteiger partial charge in [-0.2, -0.15) is 0 Å². The third-order valence-electron chi connectivity index (χ3n) is 2.31. The van der Waals surface area contributed by atoms with Crippen LogP contribution in [0.25, 0.3) is 0 Å². The number of hydrazine groups is 1. The minimum Gasteiger partial charge on any atom is -0.397 e. The fourth-order valence-electron chi connectivity index (χ4n) is 1.38. The standard InChI is InChI=1S/C11H18N4O2/c1-2-15(14-5-6-16)11(17)8-3-4-9(12)10(13)7-8/h3-4,7,14,16H,2,5-6,12-13H2,1H3. The lowest BCUT2D eigenvalue weighted by molar-refractivity contribution is 0.0657. The molecule has 1 rings (SSSR count). The van der Waals surface area contributed by atoms with Crippen LogP contribution in [-0.4, -0.2) is 35.7 Å². The van der Waals surface area contributed by atoms with Crippen LogP contribution in [0.5, 0.6) is 0 Å². The molecule has 17 heavy (non-hydrogen) atoms. The third kappa shape index (κ3) is 3.33. The second-order valence-electron chi connectivity index (χ2n) is 3.52. The van der Waals surface area contributed by atoms with Gasteiger partial charge in [0.1, 0.15) is 0 Å². The molecule has 0 fully saturated rings. The van der Waals surface area contributed by atoms with E-state index in [0.717, 1.165) is 0 Å². The van der Waals surface area contributed by atoms with Crippen molar-refractivity contribution in [2.75, 3.05) is 31.2 Å². The number of rotatable bonds is 5. The van der Waals surface area contributed by atoms with Crippen molar-refractivity contribution < 1.29 is 9.90 Å². The van der Waals surface area contributed by atoms with Gasteiger partial charge in [0.2, 0.25) is 0 Å². The topological polar surface area (TPSA) is 105 Å². The molecule has 1 aromatic carbocycles. The molecular formula is C11H18N4O2. The average molecular weight is 238 g/mol. The second kappa shape index (κ2) is 6.07. The maximum atomic E-state index is 12.0. The van der Waals surface area contributed by atoms with Crippen LogP contribution < -0.4 is 16.9 Å². The van der Waals surface area contributed by atoms with E-state index < -0.39 is 0 Å². The van der Waals surface area contributed by atoms with Crippen LogP contribution in [0.4, 0.5) is 11.4 Å². The molecule has 94 valence electrons. The minimum atomic E-state index is -0.201. The molecule has 0 aliphatic rings. The van der Waals surface area contributed by atoms with Crippen LogP contribution in [0.2, 0.25) is 0 Å². The van der Waals surface area contributed by atoms with E-state index in [2.05, 4.69) is 5.43 Å². The predicted molar refractivity (Wildman–Crippen MR) is 67.1 cm³/mol. The summed E-state index contributed by atoms with van der Waals surface area (Å²) in [5.41, 5.74) is 15.3. The fraction of sp³-hybridized carbons (Fsp3) is 0.364. The Balaban J connectivity index is 2.82. The van der Waals surface area contributed by atoms with Gasteiger partial charge in [0.15, 0.2) is 0 Å². The van der Waals surface area contributed by atoms with E-state index >= 15 is 0 Å². The first-order valence-corrected chi connectivity index (χ1v) is 5.41. The van der Waals surface area contributed by atoms with Gasteiger partial charge in [-0.05, 0) is 25.1 Å². The summed E-state index contributed by atoms with van der Waals surface area (Å²) in [5, 5.41) is 10.1. The molecule has 0 radical (unpaired) electrons. The highest BCUT2D eigenvalue weighted by molar-refractivity contribution is 5.95. The number of aliphatic hydroxyl groups excluding tert-OH is 1. The molecule has 0 saturated heterocycles. The Morgan fingerprint density at radius 1 is 1.41 bits per heavy atom. The Kier molecular flexibility index (Phi) is 4.74. The van der Waals surface area contributed by atoms with Gasteiger partial charge in [-0.15, -0.1) is 0 Å². The quantitative estimate of drug-likeness (QED) is 0.420. The smallest absolute Gasteiger partial charge is 0.268 e. The van der Waals surface area contributed by atoms with Gasteiger partial charge in [0.05, 0.1) is 18.0 Å². The summed E-state index contributed by atoms with van der Waals surface area (Å²) >= 11 is 0. The lowest BCUT2D eigenvalue weighted by Crippen LogP contribution is -2.43. The van der Waals surface area contributed by atoms with Crippen molar-refractivity contribution in [3.05, 3.63) is 23.8 Å². The molecule has 1 aromatic rings. The van der Waals surface area contributed by atoms with Crippen LogP contribution in [0.15, 0.2) is 18.2 Å². The lowest BCUT2D eigenvalue weighted by Gasteiger charge is -2.21. The molecule has 0 aromatic heterocycles. The van der Waals surface area contributed by atoms with Crippen LogP contribution in [-0.2, 0) is 0 Å². The van der Waals surface area contributed by atoms with Gasteiger partial charge in [0.25, 0.3) is 5.91 Å². The summed E-state index contributed by atoms with van der Waals surface area (Å²) in [6, 6.07) is 4.76. The first-order valence-electron chi connectivity index (χ1n) is 5.41. The van der Waals surface area contributed by atoms with Crippen LogP contribution in [0.1, 0.15) is 17.3 Å². The summed E-state index contributed by atoms with van der Waals surface area (Å²) in [6.45, 7) is 2.61. The number of nitrogens with two attached hydrogens (primary N) is 2. The van der Waals surface area contributed by atoms with Gasteiger partial charge in [-0.1, -0.05) is 0 Å². The number of benzene rings is 1. The molecular weight excluding hydrogens is 220 g/mol. The van der Waals surface area contributed by atoms with Crippen molar-refractivity contribution in [2.45, 2.75) is 6.92 Å². The van der Waals surface area contributed by atoms with Crippen LogP contribution in [0.3, 0.4) is 0 Å². The summed E-state index contributed by atoms with van der Waals surface area (Å²) in [4.78, 5) is 12.0. The molecule has 0 unspecified atom stereocenters. The summed E-state index contributed by atoms with van der Waals surface area (Å²) in [5.74, 6) is -0.201. The van der Waals surface area contributed by atoms with Gasteiger partial charge < -0.3 is 16.6 Å². The Hall–Kier alpha value is -1.79. The lowest BCUT2D eigenvalue weighted by atomic mass is 10.1. The molecule has 6 nitrogen and oxygen atoms in total. The summed E-state index contributed by atoms with van der Waals surface area (Å²) in [7, 11) is 0. The van der Waals surface area contributed by atoms with E-state index in [1.807, 2.05) is 6.92 Å². The Labute approximate surface area is 100 Å². The number of aliphatic hydroxyl groups is 1. The van der Waals surface area contributed by atoms with E-state index in [9.17, 15) is 4.79 Å². The molecule has 0 bridgehead atoms. The zero-order valence-electron chi connectivity index (χ0n) is 9.81. The number of hydrogen-bond acceptors (Lipinski definition) is 5. The second-order valence-corrected chi connectivity index (χ2v) is 3.52. The monoisotopic (exact) mass is 238 g/mol. The van der Waals surface area contributed by atoms with Crippen molar-refractivity contribution in [3.63, 3.8) is 0 Å². The Morgan fingerprint density at radius 3 is 2.65 bits per heavy atom. The maximum Gasteiger partial charge on any atom is 0.268 e. The molecule has 0 aliphatic carbocycles. The van der Waals surface area contributed by atoms with E-state index in [0.29, 0.717) is 30.0 Å². The molecule has 0 aliphatic heterocycles. The van der Waals surface area contributed by atoms with E-state index in [1.165, 1.54) is 5.01 Å². The SMILES string of the molecule is CCN(NCCO)C(=O)c1ccc(N)c(N)c1. The van der Waals surface area contributed by atoms with Crippen molar-refractivity contribution >= 4 is 17.3 Å². The number of amides is 1. The van der Waals surface area contributed by atoms with Gasteiger partial charge in [-0.3, -0.25) is 9.80 Å². The van der Waals surface area contributed by atoms with E-state index in [-0.39, 0.29) is 12.5 Å². The first-order chi connectivity index (χ1) is 8.10. The van der Waals surface area contributed by atoms with Crippen molar-refractivity contribution in [3.8, 4) is 0 Å². The Bertz CT molecular complexity index is 395. The number of carbonyl (C=O) groups excluding carboxylic acids is 1. The zero-order chi connectivity index (χ0) is 12.8. The molecule has 0 spiro atoms. The number of nitrogens with one attached hydrogen (secondary N) is 1. The Morgan fingerprint density at radius 2 is 2.12 bits per heavy atom. The molecule has 6 N–H and O–H groups in total. The van der Waals surface area contributed by atoms with Gasteiger partial charge in [-0.25, -0.2) is 5.43 Å². The van der Waals surface area contributed by atoms with Gasteiger partial charge in [0, 0.05) is 18.7 Å². The number of nitrogens with zero attached hydrogens (tertiary/aromatic N) is 1.